The minimum absolute atomic E-state index is 0. The van der Waals surface area contributed by atoms with E-state index in [0.29, 0.717) is 5.56 Å². The number of amides is 1. The minimum Gasteiger partial charge on any atom is -0.340 e. The summed E-state index contributed by atoms with van der Waals surface area (Å²) < 4.78 is 13.5. The monoisotopic (exact) mass is 288 g/mol. The lowest BCUT2D eigenvalue weighted by Gasteiger charge is -2.30. The number of benzene rings is 1. The normalized spacial score (nSPS) is 12.5. The van der Waals surface area contributed by atoms with Crippen LogP contribution >= 0.6 is 12.4 Å². The van der Waals surface area contributed by atoms with Crippen molar-refractivity contribution in [1.29, 1.82) is 0 Å². The second kappa shape index (κ2) is 6.87. The first-order valence-corrected chi connectivity index (χ1v) is 5.97. The molecule has 1 rings (SSSR count). The predicted molar refractivity (Wildman–Crippen MR) is 77.6 cm³/mol. The molecule has 0 aliphatic rings. The summed E-state index contributed by atoms with van der Waals surface area (Å²) in [6, 6.07) is 5.84. The Hall–Kier alpha value is -1.13. The summed E-state index contributed by atoms with van der Waals surface area (Å²) >= 11 is 0. The highest BCUT2D eigenvalue weighted by Crippen LogP contribution is 2.19. The van der Waals surface area contributed by atoms with Crippen LogP contribution in [0.4, 0.5) is 4.39 Å². The van der Waals surface area contributed by atoms with Crippen LogP contribution in [0, 0.1) is 11.2 Å². The SMILES string of the molecule is CN(Cc1ccccc1F)C(=O)[C@@H](N)C(C)(C)C.Cl. The number of carbonyl (C=O) groups is 1. The summed E-state index contributed by atoms with van der Waals surface area (Å²) in [5.41, 5.74) is 6.09. The van der Waals surface area contributed by atoms with Crippen molar-refractivity contribution in [2.45, 2.75) is 33.4 Å². The highest BCUT2D eigenvalue weighted by atomic mass is 35.5. The van der Waals surface area contributed by atoms with Gasteiger partial charge < -0.3 is 10.6 Å². The minimum atomic E-state index is -0.589. The Morgan fingerprint density at radius 2 is 1.89 bits per heavy atom. The molecule has 0 unspecified atom stereocenters. The molecule has 1 aromatic carbocycles. The van der Waals surface area contributed by atoms with Gasteiger partial charge >= 0.3 is 0 Å². The van der Waals surface area contributed by atoms with E-state index in [1.54, 1.807) is 25.2 Å². The van der Waals surface area contributed by atoms with Gasteiger partial charge in [-0.1, -0.05) is 39.0 Å². The number of nitrogens with two attached hydrogens (primary N) is 1. The molecule has 0 fully saturated rings. The number of hydrogen-bond donors (Lipinski definition) is 1. The third kappa shape index (κ3) is 4.80. The van der Waals surface area contributed by atoms with E-state index in [-0.39, 0.29) is 36.1 Å². The first-order chi connectivity index (χ1) is 8.23. The summed E-state index contributed by atoms with van der Waals surface area (Å²) in [6.07, 6.45) is 0. The zero-order valence-corrected chi connectivity index (χ0v) is 12.6. The maximum atomic E-state index is 13.5. The average molecular weight is 289 g/mol. The van der Waals surface area contributed by atoms with Gasteiger partial charge in [-0.2, -0.15) is 0 Å². The van der Waals surface area contributed by atoms with E-state index >= 15 is 0 Å². The molecule has 0 saturated carbocycles. The standard InChI is InChI=1S/C14H21FN2O.ClH/c1-14(2,3)12(16)13(18)17(4)9-10-7-5-6-8-11(10)15;/h5-8,12H,9,16H2,1-4H3;1H/t12-;/m1./s1. The lowest BCUT2D eigenvalue weighted by atomic mass is 9.86. The van der Waals surface area contributed by atoms with Gasteiger partial charge in [0.15, 0.2) is 0 Å². The molecule has 0 aromatic heterocycles. The Morgan fingerprint density at radius 1 is 1.37 bits per heavy atom. The molecule has 1 amide bonds. The van der Waals surface area contributed by atoms with Crippen molar-refractivity contribution in [1.82, 2.24) is 4.90 Å². The van der Waals surface area contributed by atoms with E-state index in [2.05, 4.69) is 0 Å². The molecule has 0 radical (unpaired) electrons. The molecule has 0 spiro atoms. The molecule has 2 N–H and O–H groups in total. The van der Waals surface area contributed by atoms with Crippen molar-refractivity contribution >= 4 is 18.3 Å². The van der Waals surface area contributed by atoms with E-state index in [1.807, 2.05) is 20.8 Å². The van der Waals surface area contributed by atoms with Gasteiger partial charge in [0.1, 0.15) is 5.82 Å². The molecule has 0 aliphatic heterocycles. The molecule has 0 aliphatic carbocycles. The largest absolute Gasteiger partial charge is 0.340 e. The fourth-order valence-electron chi connectivity index (χ4n) is 1.57. The fourth-order valence-corrected chi connectivity index (χ4v) is 1.57. The third-order valence-electron chi connectivity index (χ3n) is 2.94. The molecule has 0 bridgehead atoms. The fraction of sp³-hybridized carbons (Fsp3) is 0.500. The van der Waals surface area contributed by atoms with Crippen LogP contribution in [0.15, 0.2) is 24.3 Å². The quantitative estimate of drug-likeness (QED) is 0.929. The molecule has 19 heavy (non-hydrogen) atoms. The van der Waals surface area contributed by atoms with Crippen LogP contribution in [0.25, 0.3) is 0 Å². The molecular weight excluding hydrogens is 267 g/mol. The highest BCUT2D eigenvalue weighted by molar-refractivity contribution is 5.85. The van der Waals surface area contributed by atoms with Crippen molar-refractivity contribution in [2.24, 2.45) is 11.1 Å². The highest BCUT2D eigenvalue weighted by Gasteiger charge is 2.29. The van der Waals surface area contributed by atoms with Crippen molar-refractivity contribution in [3.05, 3.63) is 35.6 Å². The summed E-state index contributed by atoms with van der Waals surface area (Å²) in [5.74, 6) is -0.479. The van der Waals surface area contributed by atoms with Gasteiger partial charge in [-0.15, -0.1) is 12.4 Å². The van der Waals surface area contributed by atoms with Crippen molar-refractivity contribution < 1.29 is 9.18 Å². The summed E-state index contributed by atoms with van der Waals surface area (Å²) in [4.78, 5) is 13.6. The van der Waals surface area contributed by atoms with E-state index in [0.717, 1.165) is 0 Å². The lowest BCUT2D eigenvalue weighted by molar-refractivity contribution is -0.134. The summed E-state index contributed by atoms with van der Waals surface area (Å²) in [6.45, 7) is 5.96. The van der Waals surface area contributed by atoms with Gasteiger partial charge in [0.05, 0.1) is 6.04 Å². The van der Waals surface area contributed by atoms with Crippen LogP contribution in [0.3, 0.4) is 0 Å². The molecule has 108 valence electrons. The van der Waals surface area contributed by atoms with E-state index in [1.165, 1.54) is 11.0 Å². The first kappa shape index (κ1) is 17.9. The lowest BCUT2D eigenvalue weighted by Crippen LogP contribution is -2.48. The van der Waals surface area contributed by atoms with Crippen molar-refractivity contribution in [3.8, 4) is 0 Å². The van der Waals surface area contributed by atoms with Gasteiger partial charge in [-0.25, -0.2) is 4.39 Å². The van der Waals surface area contributed by atoms with Gasteiger partial charge in [-0.3, -0.25) is 4.79 Å². The topological polar surface area (TPSA) is 46.3 Å². The van der Waals surface area contributed by atoms with Crippen molar-refractivity contribution in [2.75, 3.05) is 7.05 Å². The molecule has 1 aromatic rings. The van der Waals surface area contributed by atoms with Crippen LogP contribution in [-0.2, 0) is 11.3 Å². The summed E-state index contributed by atoms with van der Waals surface area (Å²) in [5, 5.41) is 0. The van der Waals surface area contributed by atoms with Crippen LogP contribution in [-0.4, -0.2) is 23.9 Å². The molecular formula is C14H22ClFN2O. The Bertz CT molecular complexity index is 432. The van der Waals surface area contributed by atoms with Gasteiger partial charge in [0.2, 0.25) is 5.91 Å². The van der Waals surface area contributed by atoms with Crippen LogP contribution in [0.2, 0.25) is 0 Å². The summed E-state index contributed by atoms with van der Waals surface area (Å²) in [7, 11) is 1.64. The Labute approximate surface area is 120 Å². The van der Waals surface area contributed by atoms with Crippen LogP contribution in [0.1, 0.15) is 26.3 Å². The third-order valence-corrected chi connectivity index (χ3v) is 2.94. The number of halogens is 2. The average Bonchev–Trinajstić information content (AvgIpc) is 2.29. The van der Waals surface area contributed by atoms with Crippen molar-refractivity contribution in [3.63, 3.8) is 0 Å². The van der Waals surface area contributed by atoms with E-state index in [9.17, 15) is 9.18 Å². The number of nitrogens with zero attached hydrogens (tertiary/aromatic N) is 1. The number of rotatable bonds is 3. The molecule has 0 heterocycles. The number of hydrogen-bond acceptors (Lipinski definition) is 2. The zero-order valence-electron chi connectivity index (χ0n) is 11.8. The number of carbonyl (C=O) groups excluding carboxylic acids is 1. The van der Waals surface area contributed by atoms with E-state index < -0.39 is 6.04 Å². The Kier molecular flexibility index (Phi) is 6.46. The second-order valence-electron chi connectivity index (χ2n) is 5.63. The van der Waals surface area contributed by atoms with Gasteiger partial charge in [0.25, 0.3) is 0 Å². The Balaban J connectivity index is 0.00000324. The molecule has 3 nitrogen and oxygen atoms in total. The van der Waals surface area contributed by atoms with Gasteiger partial charge in [0, 0.05) is 19.2 Å². The first-order valence-electron chi connectivity index (χ1n) is 5.97. The van der Waals surface area contributed by atoms with Crippen LogP contribution < -0.4 is 5.73 Å². The zero-order chi connectivity index (χ0) is 13.9. The van der Waals surface area contributed by atoms with Gasteiger partial charge in [-0.05, 0) is 11.5 Å². The van der Waals surface area contributed by atoms with E-state index in [4.69, 9.17) is 5.73 Å². The second-order valence-corrected chi connectivity index (χ2v) is 5.63. The smallest absolute Gasteiger partial charge is 0.240 e. The molecule has 5 heteroatoms. The van der Waals surface area contributed by atoms with Crippen LogP contribution in [0.5, 0.6) is 0 Å². The maximum Gasteiger partial charge on any atom is 0.240 e. The number of likely N-dealkylation sites (N-methyl/N-ethyl adjacent to an activating group) is 1. The molecule has 0 saturated heterocycles. The maximum absolute atomic E-state index is 13.5. The Morgan fingerprint density at radius 3 is 2.37 bits per heavy atom. The molecule has 1 atom stereocenters. The predicted octanol–water partition coefficient (Wildman–Crippen LogP) is 2.58.